The number of carbonyl (C=O) groups is 3. The van der Waals surface area contributed by atoms with E-state index in [1.165, 1.54) is 9.58 Å². The number of nitrogens with one attached hydrogen (secondary N) is 1. The number of aromatic nitrogens is 2. The molecule has 1 aliphatic rings. The standard InChI is InChI=1S/C12H16N4O3/c1-4-9-11(18)13-10(17)6-16(9)12(19)8-5-15(3)14-7(8)2/h5,9H,4,6H2,1-3H3,(H,13,17,18). The number of hydrogen-bond donors (Lipinski definition) is 1. The van der Waals surface area contributed by atoms with Crippen molar-refractivity contribution >= 4 is 17.7 Å². The zero-order chi connectivity index (χ0) is 14.2. The Hall–Kier alpha value is -2.18. The van der Waals surface area contributed by atoms with Crippen LogP contribution in [0.2, 0.25) is 0 Å². The van der Waals surface area contributed by atoms with E-state index in [1.807, 2.05) is 0 Å². The van der Waals surface area contributed by atoms with Gasteiger partial charge in [-0.2, -0.15) is 5.10 Å². The molecule has 0 bridgehead atoms. The van der Waals surface area contributed by atoms with E-state index < -0.39 is 17.9 Å². The molecule has 1 aliphatic heterocycles. The second-order valence-corrected chi connectivity index (χ2v) is 4.57. The highest BCUT2D eigenvalue weighted by atomic mass is 16.2. The summed E-state index contributed by atoms with van der Waals surface area (Å²) in [7, 11) is 1.72. The lowest BCUT2D eigenvalue weighted by Gasteiger charge is -2.33. The van der Waals surface area contributed by atoms with E-state index in [-0.39, 0.29) is 12.5 Å². The lowest BCUT2D eigenvalue weighted by molar-refractivity contribution is -0.138. The van der Waals surface area contributed by atoms with Crippen LogP contribution in [0.25, 0.3) is 0 Å². The molecule has 2 rings (SSSR count). The molecule has 0 saturated carbocycles. The van der Waals surface area contributed by atoms with Gasteiger partial charge in [-0.15, -0.1) is 0 Å². The molecule has 102 valence electrons. The van der Waals surface area contributed by atoms with Crippen LogP contribution in [0.4, 0.5) is 0 Å². The van der Waals surface area contributed by atoms with Crippen LogP contribution in [-0.4, -0.2) is 45.0 Å². The highest BCUT2D eigenvalue weighted by molar-refractivity contribution is 6.07. The summed E-state index contributed by atoms with van der Waals surface area (Å²) in [6.07, 6.45) is 2.06. The number of aryl methyl sites for hydroxylation is 2. The SMILES string of the molecule is CCC1C(=O)NC(=O)CN1C(=O)c1cn(C)nc1C. The number of carbonyl (C=O) groups excluding carboxylic acids is 3. The molecular formula is C12H16N4O3. The number of rotatable bonds is 2. The van der Waals surface area contributed by atoms with E-state index >= 15 is 0 Å². The minimum absolute atomic E-state index is 0.0998. The highest BCUT2D eigenvalue weighted by Gasteiger charge is 2.36. The van der Waals surface area contributed by atoms with Gasteiger partial charge >= 0.3 is 0 Å². The minimum atomic E-state index is -0.607. The largest absolute Gasteiger partial charge is 0.317 e. The lowest BCUT2D eigenvalue weighted by atomic mass is 10.1. The summed E-state index contributed by atoms with van der Waals surface area (Å²) >= 11 is 0. The van der Waals surface area contributed by atoms with Crippen LogP contribution in [0.1, 0.15) is 29.4 Å². The van der Waals surface area contributed by atoms with Crippen LogP contribution >= 0.6 is 0 Å². The number of piperazine rings is 1. The molecule has 7 heteroatoms. The van der Waals surface area contributed by atoms with Crippen LogP contribution in [-0.2, 0) is 16.6 Å². The van der Waals surface area contributed by atoms with Crippen LogP contribution in [0.3, 0.4) is 0 Å². The van der Waals surface area contributed by atoms with Crippen molar-refractivity contribution in [2.24, 2.45) is 7.05 Å². The average molecular weight is 264 g/mol. The molecule has 3 amide bonds. The fourth-order valence-electron chi connectivity index (χ4n) is 2.25. The highest BCUT2D eigenvalue weighted by Crippen LogP contribution is 2.15. The van der Waals surface area contributed by atoms with Gasteiger partial charge in [0.1, 0.15) is 12.6 Å². The van der Waals surface area contributed by atoms with Gasteiger partial charge in [0.25, 0.3) is 5.91 Å². The Morgan fingerprint density at radius 3 is 2.74 bits per heavy atom. The van der Waals surface area contributed by atoms with Gasteiger partial charge in [0, 0.05) is 13.2 Å². The molecule has 2 heterocycles. The Morgan fingerprint density at radius 2 is 2.21 bits per heavy atom. The van der Waals surface area contributed by atoms with E-state index in [0.29, 0.717) is 17.7 Å². The van der Waals surface area contributed by atoms with Crippen molar-refractivity contribution in [3.05, 3.63) is 17.5 Å². The van der Waals surface area contributed by atoms with Gasteiger partial charge in [-0.1, -0.05) is 6.92 Å². The Kier molecular flexibility index (Phi) is 3.37. The molecule has 0 aliphatic carbocycles. The van der Waals surface area contributed by atoms with Gasteiger partial charge in [-0.3, -0.25) is 24.4 Å². The number of amides is 3. The molecule has 0 spiro atoms. The fraction of sp³-hybridized carbons (Fsp3) is 0.500. The molecule has 1 unspecified atom stereocenters. The Morgan fingerprint density at radius 1 is 1.53 bits per heavy atom. The fourth-order valence-corrected chi connectivity index (χ4v) is 2.25. The summed E-state index contributed by atoms with van der Waals surface area (Å²) in [4.78, 5) is 36.9. The molecule has 1 fully saturated rings. The van der Waals surface area contributed by atoms with Crippen molar-refractivity contribution in [3.63, 3.8) is 0 Å². The average Bonchev–Trinajstić information content (AvgIpc) is 2.66. The first-order valence-corrected chi connectivity index (χ1v) is 6.09. The van der Waals surface area contributed by atoms with Gasteiger partial charge in [-0.05, 0) is 13.3 Å². The van der Waals surface area contributed by atoms with E-state index in [9.17, 15) is 14.4 Å². The van der Waals surface area contributed by atoms with Crippen molar-refractivity contribution in [3.8, 4) is 0 Å². The Labute approximate surface area is 110 Å². The Balaban J connectivity index is 2.32. The molecule has 1 aromatic rings. The van der Waals surface area contributed by atoms with E-state index in [4.69, 9.17) is 0 Å². The first-order valence-electron chi connectivity index (χ1n) is 6.09. The lowest BCUT2D eigenvalue weighted by Crippen LogP contribution is -2.59. The normalized spacial score (nSPS) is 19.5. The third kappa shape index (κ3) is 2.35. The van der Waals surface area contributed by atoms with Crippen molar-refractivity contribution in [2.75, 3.05) is 6.54 Å². The maximum atomic E-state index is 12.4. The van der Waals surface area contributed by atoms with Gasteiger partial charge in [0.2, 0.25) is 11.8 Å². The third-order valence-electron chi connectivity index (χ3n) is 3.15. The van der Waals surface area contributed by atoms with Crippen LogP contribution in [0.5, 0.6) is 0 Å². The first-order chi connectivity index (χ1) is 8.93. The number of hydrogen-bond acceptors (Lipinski definition) is 4. The molecule has 1 saturated heterocycles. The smallest absolute Gasteiger partial charge is 0.258 e. The van der Waals surface area contributed by atoms with Gasteiger partial charge in [0.15, 0.2) is 0 Å². The van der Waals surface area contributed by atoms with E-state index in [1.54, 1.807) is 27.1 Å². The number of nitrogens with zero attached hydrogens (tertiary/aromatic N) is 3. The quantitative estimate of drug-likeness (QED) is 0.737. The molecule has 0 aromatic carbocycles. The van der Waals surface area contributed by atoms with E-state index in [2.05, 4.69) is 10.4 Å². The van der Waals surface area contributed by atoms with Gasteiger partial charge < -0.3 is 4.90 Å². The molecule has 7 nitrogen and oxygen atoms in total. The monoisotopic (exact) mass is 264 g/mol. The predicted molar refractivity (Wildman–Crippen MR) is 66.2 cm³/mol. The summed E-state index contributed by atoms with van der Waals surface area (Å²) in [5.41, 5.74) is 1.00. The topological polar surface area (TPSA) is 84.3 Å². The maximum absolute atomic E-state index is 12.4. The summed E-state index contributed by atoms with van der Waals surface area (Å²) in [5.74, 6) is -1.21. The number of imide groups is 1. The van der Waals surface area contributed by atoms with Gasteiger partial charge in [-0.25, -0.2) is 0 Å². The molecule has 1 aromatic heterocycles. The zero-order valence-corrected chi connectivity index (χ0v) is 11.1. The second kappa shape index (κ2) is 4.83. The maximum Gasteiger partial charge on any atom is 0.258 e. The van der Waals surface area contributed by atoms with Crippen LogP contribution in [0.15, 0.2) is 6.20 Å². The zero-order valence-electron chi connectivity index (χ0n) is 11.1. The minimum Gasteiger partial charge on any atom is -0.317 e. The van der Waals surface area contributed by atoms with Crippen LogP contribution in [0, 0.1) is 6.92 Å². The van der Waals surface area contributed by atoms with Gasteiger partial charge in [0.05, 0.1) is 11.3 Å². The molecule has 19 heavy (non-hydrogen) atoms. The van der Waals surface area contributed by atoms with Crippen molar-refractivity contribution in [1.82, 2.24) is 20.0 Å². The summed E-state index contributed by atoms with van der Waals surface area (Å²) in [6, 6.07) is -0.607. The third-order valence-corrected chi connectivity index (χ3v) is 3.15. The van der Waals surface area contributed by atoms with Crippen molar-refractivity contribution in [2.45, 2.75) is 26.3 Å². The second-order valence-electron chi connectivity index (χ2n) is 4.57. The summed E-state index contributed by atoms with van der Waals surface area (Å²) < 4.78 is 1.54. The summed E-state index contributed by atoms with van der Waals surface area (Å²) in [5, 5.41) is 6.34. The predicted octanol–water partition coefficient (Wildman–Crippen LogP) is -0.394. The van der Waals surface area contributed by atoms with Crippen LogP contribution < -0.4 is 5.32 Å². The Bertz CT molecular complexity index is 549. The van der Waals surface area contributed by atoms with Crippen molar-refractivity contribution < 1.29 is 14.4 Å². The van der Waals surface area contributed by atoms with Crippen molar-refractivity contribution in [1.29, 1.82) is 0 Å². The molecule has 1 atom stereocenters. The molecule has 1 N–H and O–H groups in total. The van der Waals surface area contributed by atoms with E-state index in [0.717, 1.165) is 0 Å². The summed E-state index contributed by atoms with van der Waals surface area (Å²) in [6.45, 7) is 3.42. The first kappa shape index (κ1) is 13.3. The molecule has 0 radical (unpaired) electrons. The molecular weight excluding hydrogens is 248 g/mol.